The molecular weight excluding hydrogens is 534 g/mol. The van der Waals surface area contributed by atoms with E-state index in [0.717, 1.165) is 0 Å². The minimum atomic E-state index is -5.75. The summed E-state index contributed by atoms with van der Waals surface area (Å²) in [6, 6.07) is 0. The molecule has 0 bridgehead atoms. The first-order valence-corrected chi connectivity index (χ1v) is 6.93. The number of hydrogen-bond donors (Lipinski definition) is 0. The summed E-state index contributed by atoms with van der Waals surface area (Å²) in [5.41, 5.74) is 0. The molecule has 12 heavy (non-hydrogen) atoms. The summed E-state index contributed by atoms with van der Waals surface area (Å²) in [6.07, 6.45) is 0. The molecule has 2 N–H and O–H groups in total. The van der Waals surface area contributed by atoms with Gasteiger partial charge in [-0.15, -0.1) is 0 Å². The van der Waals surface area contributed by atoms with E-state index in [2.05, 4.69) is 0 Å². The van der Waals surface area contributed by atoms with Gasteiger partial charge in [-0.2, -0.15) is 0 Å². The molecule has 0 aliphatic rings. The van der Waals surface area contributed by atoms with E-state index in [-0.39, 0.29) is 45.4 Å². The van der Waals surface area contributed by atoms with Gasteiger partial charge in [-0.3, -0.25) is 0 Å². The van der Waals surface area contributed by atoms with Gasteiger partial charge in [-0.1, -0.05) is 0 Å². The van der Waals surface area contributed by atoms with Crippen molar-refractivity contribution in [3.05, 3.63) is 0 Å². The first-order chi connectivity index (χ1) is 4.00. The molecule has 0 aromatic heterocycles. The van der Waals surface area contributed by atoms with Crippen LogP contribution in [0.2, 0.25) is 0 Å². The second kappa shape index (κ2) is 8.94. The van der Waals surface area contributed by atoms with E-state index >= 15 is 0 Å². The molecular formula is H2O9Se2Th. The summed E-state index contributed by atoms with van der Waals surface area (Å²) in [6.45, 7) is 0. The fourth-order valence-corrected chi connectivity index (χ4v) is 0. The van der Waals surface area contributed by atoms with Gasteiger partial charge in [-0.25, -0.2) is 0 Å². The van der Waals surface area contributed by atoms with E-state index in [0.29, 0.717) is 0 Å². The maximum Gasteiger partial charge on any atom is 4.00 e. The Hall–Kier alpha value is 1.36. The second-order valence-corrected chi connectivity index (χ2v) is 4.24. The Kier molecular flexibility index (Phi) is 17.4. The summed E-state index contributed by atoms with van der Waals surface area (Å²) in [5.74, 6) is 0. The van der Waals surface area contributed by atoms with Crippen LogP contribution in [0.15, 0.2) is 0 Å². The summed E-state index contributed by atoms with van der Waals surface area (Å²) >= 11 is -11.5. The third-order valence-corrected chi connectivity index (χ3v) is 0. The predicted molar refractivity (Wildman–Crippen MR) is 17.9 cm³/mol. The molecule has 0 atom stereocenters. The van der Waals surface area contributed by atoms with Crippen LogP contribution in [-0.2, 0) is 15.3 Å². The van der Waals surface area contributed by atoms with Crippen LogP contribution >= 0.6 is 0 Å². The maximum atomic E-state index is 8.59. The molecule has 0 heterocycles. The Bertz CT molecular complexity index is 209. The zero-order valence-corrected chi connectivity index (χ0v) is 12.6. The Morgan fingerprint density at radius 1 is 0.667 bits per heavy atom. The largest absolute Gasteiger partial charge is 4.00 e. The number of hydrogen-bond acceptors (Lipinski definition) is 8. The molecule has 0 unspecified atom stereocenters. The van der Waals surface area contributed by atoms with Gasteiger partial charge in [0.05, 0.1) is 0 Å². The van der Waals surface area contributed by atoms with Gasteiger partial charge in [0, 0.05) is 0 Å². The smallest absolute Gasteiger partial charge is 4.00 e. The Balaban J connectivity index is -0.0000000457. The fraction of sp³-hybridized carbons (Fsp3) is 0. The Morgan fingerprint density at radius 3 is 0.667 bits per heavy atom. The average Bonchev–Trinajstić information content (AvgIpc) is 1.12. The zero-order valence-electron chi connectivity index (χ0n) is 5.08. The standard InChI is InChI=1S/2H2O4Se.H2O.Th/c2*1-5(2,3)4;;/h2*(H2,1,2,3,4);1H2;/q;;;+4/p-4. The zero-order chi connectivity index (χ0) is 9.00. The van der Waals surface area contributed by atoms with Crippen molar-refractivity contribution in [2.24, 2.45) is 0 Å². The molecule has 0 rings (SSSR count). The van der Waals surface area contributed by atoms with E-state index in [1.165, 1.54) is 0 Å². The van der Waals surface area contributed by atoms with Gasteiger partial charge in [0.15, 0.2) is 0 Å². The van der Waals surface area contributed by atoms with Gasteiger partial charge in [0.25, 0.3) is 0 Å². The van der Waals surface area contributed by atoms with Crippen LogP contribution in [0.4, 0.5) is 0 Å². The molecule has 0 fully saturated rings. The average molecular weight is 536 g/mol. The van der Waals surface area contributed by atoms with Crippen molar-refractivity contribution in [2.75, 3.05) is 0 Å². The second-order valence-electron chi connectivity index (χ2n) is 0.816. The SMILES string of the molecule is O.O=[Se](=O)([O-])[O-].O=[Se](=O)([O-])[O-].[Th+4]. The molecule has 0 saturated carbocycles. The van der Waals surface area contributed by atoms with Crippen molar-refractivity contribution >= 4 is 26.7 Å². The van der Waals surface area contributed by atoms with Crippen molar-refractivity contribution in [2.45, 2.75) is 0 Å². The van der Waals surface area contributed by atoms with Gasteiger partial charge in [-0.05, 0) is 0 Å². The first-order valence-electron chi connectivity index (χ1n) is 1.33. The molecule has 0 aliphatic heterocycles. The molecule has 0 aromatic rings. The third-order valence-electron chi connectivity index (χ3n) is 0. The van der Waals surface area contributed by atoms with Gasteiger partial charge in [0.1, 0.15) is 0 Å². The number of rotatable bonds is 0. The fourth-order valence-electron chi connectivity index (χ4n) is 0. The monoisotopic (exact) mass is 538 g/mol. The van der Waals surface area contributed by atoms with E-state index in [9.17, 15) is 0 Å². The normalized spacial score (nSPS) is 9.67. The van der Waals surface area contributed by atoms with Crippen LogP contribution in [0.5, 0.6) is 0 Å². The molecule has 72 valence electrons. The molecule has 12 heteroatoms. The van der Waals surface area contributed by atoms with Gasteiger partial charge >= 0.3 is 98.8 Å². The van der Waals surface area contributed by atoms with E-state index in [4.69, 9.17) is 32.1 Å². The van der Waals surface area contributed by atoms with Gasteiger partial charge in [0.2, 0.25) is 0 Å². The van der Waals surface area contributed by atoms with Crippen molar-refractivity contribution in [3.63, 3.8) is 0 Å². The molecule has 9 nitrogen and oxygen atoms in total. The minimum absolute atomic E-state index is 0. The van der Waals surface area contributed by atoms with Crippen LogP contribution in [0.3, 0.4) is 0 Å². The van der Waals surface area contributed by atoms with E-state index in [1.54, 1.807) is 0 Å². The predicted octanol–water partition coefficient (Wildman–Crippen LogP) is -6.82. The summed E-state index contributed by atoms with van der Waals surface area (Å²) in [4.78, 5) is 0. The van der Waals surface area contributed by atoms with E-state index in [1.807, 2.05) is 0 Å². The van der Waals surface area contributed by atoms with E-state index < -0.39 is 26.7 Å². The molecule has 0 spiro atoms. The molecule has 0 radical (unpaired) electrons. The van der Waals surface area contributed by atoms with Crippen molar-refractivity contribution < 1.29 is 77.5 Å². The molecule has 0 saturated heterocycles. The van der Waals surface area contributed by atoms with Crippen LogP contribution < -0.4 is 16.8 Å². The summed E-state index contributed by atoms with van der Waals surface area (Å²) < 4.78 is 68.8. The van der Waals surface area contributed by atoms with Crippen LogP contribution in [-0.4, -0.2) is 32.2 Å². The quantitative estimate of drug-likeness (QED) is 0.273. The molecule has 0 aromatic carbocycles. The van der Waals surface area contributed by atoms with Gasteiger partial charge < -0.3 is 5.48 Å². The Labute approximate surface area is 103 Å². The Morgan fingerprint density at radius 2 is 0.667 bits per heavy atom. The van der Waals surface area contributed by atoms with Crippen molar-refractivity contribution in [1.29, 1.82) is 0 Å². The van der Waals surface area contributed by atoms with Crippen molar-refractivity contribution in [3.8, 4) is 0 Å². The van der Waals surface area contributed by atoms with Crippen LogP contribution in [0.25, 0.3) is 0 Å². The molecule has 0 amide bonds. The van der Waals surface area contributed by atoms with Crippen molar-refractivity contribution in [1.82, 2.24) is 0 Å². The first kappa shape index (κ1) is 23.3. The van der Waals surface area contributed by atoms with Crippen LogP contribution in [0.1, 0.15) is 0 Å². The maximum absolute atomic E-state index is 8.59. The topological polar surface area (TPSA) is 192 Å². The molecule has 0 aliphatic carbocycles. The summed E-state index contributed by atoms with van der Waals surface area (Å²) in [7, 11) is 0. The summed E-state index contributed by atoms with van der Waals surface area (Å²) in [5, 5.41) is 0. The van der Waals surface area contributed by atoms with Crippen LogP contribution in [0, 0.1) is 39.9 Å². The third kappa shape index (κ3) is 656. The minimum Gasteiger partial charge on any atom is 4.00 e.